The van der Waals surface area contributed by atoms with Gasteiger partial charge in [-0.1, -0.05) is 22.0 Å². The van der Waals surface area contributed by atoms with E-state index in [0.29, 0.717) is 13.2 Å². The zero-order valence-corrected chi connectivity index (χ0v) is 18.6. The molecule has 1 heterocycles. The van der Waals surface area contributed by atoms with Crippen molar-refractivity contribution in [1.29, 1.82) is 0 Å². The SMILES string of the molecule is CCn1cc(CNC(=O)/C=C\c2ccc(OC)c(COc3ccc(Br)cc3)c2)cn1. The molecule has 3 rings (SSSR count). The molecule has 2 aromatic carbocycles. The third-order valence-electron chi connectivity index (χ3n) is 4.42. The Hall–Kier alpha value is -3.06. The van der Waals surface area contributed by atoms with E-state index in [2.05, 4.69) is 26.3 Å². The highest BCUT2D eigenvalue weighted by molar-refractivity contribution is 9.10. The number of hydrogen-bond donors (Lipinski definition) is 1. The molecule has 1 aromatic heterocycles. The van der Waals surface area contributed by atoms with E-state index in [4.69, 9.17) is 9.47 Å². The molecule has 0 saturated carbocycles. The molecule has 0 fully saturated rings. The molecule has 0 atom stereocenters. The van der Waals surface area contributed by atoms with E-state index in [1.807, 2.05) is 60.3 Å². The van der Waals surface area contributed by atoms with Crippen molar-refractivity contribution in [2.24, 2.45) is 0 Å². The number of ether oxygens (including phenoxy) is 2. The van der Waals surface area contributed by atoms with Crippen LogP contribution < -0.4 is 14.8 Å². The van der Waals surface area contributed by atoms with Crippen LogP contribution in [-0.2, 0) is 24.5 Å². The molecule has 0 spiro atoms. The minimum absolute atomic E-state index is 0.164. The van der Waals surface area contributed by atoms with Crippen molar-refractivity contribution >= 4 is 27.9 Å². The van der Waals surface area contributed by atoms with Gasteiger partial charge in [-0.25, -0.2) is 0 Å². The molecule has 1 N–H and O–H groups in total. The quantitative estimate of drug-likeness (QED) is 0.465. The van der Waals surface area contributed by atoms with Gasteiger partial charge in [0.15, 0.2) is 0 Å². The normalized spacial score (nSPS) is 10.9. The van der Waals surface area contributed by atoms with Crippen molar-refractivity contribution in [2.75, 3.05) is 7.11 Å². The van der Waals surface area contributed by atoms with E-state index in [1.54, 1.807) is 19.4 Å². The second kappa shape index (κ2) is 10.6. The maximum Gasteiger partial charge on any atom is 0.244 e. The molecule has 30 heavy (non-hydrogen) atoms. The van der Waals surface area contributed by atoms with E-state index in [0.717, 1.165) is 39.2 Å². The fourth-order valence-electron chi connectivity index (χ4n) is 2.80. The Balaban J connectivity index is 1.60. The van der Waals surface area contributed by atoms with Crippen LogP contribution in [0, 0.1) is 0 Å². The number of nitrogens with zero attached hydrogens (tertiary/aromatic N) is 2. The Bertz CT molecular complexity index is 1010. The average Bonchev–Trinajstić information content (AvgIpc) is 3.24. The first kappa shape index (κ1) is 21.6. The van der Waals surface area contributed by atoms with Crippen LogP contribution in [0.5, 0.6) is 11.5 Å². The van der Waals surface area contributed by atoms with Gasteiger partial charge >= 0.3 is 0 Å². The number of amides is 1. The first-order chi connectivity index (χ1) is 14.6. The summed E-state index contributed by atoms with van der Waals surface area (Å²) in [6, 6.07) is 13.4. The van der Waals surface area contributed by atoms with Gasteiger partial charge in [0.1, 0.15) is 18.1 Å². The molecule has 6 nitrogen and oxygen atoms in total. The zero-order valence-electron chi connectivity index (χ0n) is 17.0. The van der Waals surface area contributed by atoms with Crippen molar-refractivity contribution in [3.8, 4) is 11.5 Å². The van der Waals surface area contributed by atoms with Gasteiger partial charge in [0, 0.05) is 41.0 Å². The standard InChI is InChI=1S/C23H24BrN3O3/c1-3-27-15-18(14-26-27)13-25-23(28)11-5-17-4-10-22(29-2)19(12-17)16-30-21-8-6-20(24)7-9-21/h4-12,14-15H,3,13,16H2,1-2H3,(H,25,28)/b11-5-. The minimum atomic E-state index is -0.164. The Kier molecular flexibility index (Phi) is 7.68. The average molecular weight is 470 g/mol. The lowest BCUT2D eigenvalue weighted by atomic mass is 10.1. The predicted octanol–water partition coefficient (Wildman–Crippen LogP) is 4.58. The van der Waals surface area contributed by atoms with Gasteiger partial charge in [0.25, 0.3) is 0 Å². The molecule has 0 bridgehead atoms. The molecule has 156 valence electrons. The van der Waals surface area contributed by atoms with Crippen LogP contribution in [0.15, 0.2) is 65.4 Å². The minimum Gasteiger partial charge on any atom is -0.496 e. The first-order valence-corrected chi connectivity index (χ1v) is 10.4. The van der Waals surface area contributed by atoms with Crippen molar-refractivity contribution in [1.82, 2.24) is 15.1 Å². The molecule has 0 aliphatic carbocycles. The fourth-order valence-corrected chi connectivity index (χ4v) is 3.06. The van der Waals surface area contributed by atoms with E-state index in [-0.39, 0.29) is 5.91 Å². The topological polar surface area (TPSA) is 65.4 Å². The highest BCUT2D eigenvalue weighted by atomic mass is 79.9. The molecule has 0 unspecified atom stereocenters. The number of halogens is 1. The van der Waals surface area contributed by atoms with Crippen LogP contribution in [0.4, 0.5) is 0 Å². The Morgan fingerprint density at radius 2 is 2.03 bits per heavy atom. The highest BCUT2D eigenvalue weighted by Crippen LogP contribution is 2.23. The van der Waals surface area contributed by atoms with Crippen LogP contribution in [0.2, 0.25) is 0 Å². The summed E-state index contributed by atoms with van der Waals surface area (Å²) in [5.74, 6) is 1.34. The largest absolute Gasteiger partial charge is 0.496 e. The third-order valence-corrected chi connectivity index (χ3v) is 4.95. The second-order valence-corrected chi connectivity index (χ2v) is 7.48. The second-order valence-electron chi connectivity index (χ2n) is 6.57. The number of benzene rings is 2. The van der Waals surface area contributed by atoms with E-state index >= 15 is 0 Å². The maximum absolute atomic E-state index is 12.1. The number of aryl methyl sites for hydroxylation is 1. The molecule has 0 radical (unpaired) electrons. The van der Waals surface area contributed by atoms with Gasteiger partial charge < -0.3 is 14.8 Å². The Labute approximate surface area is 184 Å². The van der Waals surface area contributed by atoms with E-state index < -0.39 is 0 Å². The van der Waals surface area contributed by atoms with Gasteiger partial charge in [0.05, 0.1) is 13.3 Å². The number of methoxy groups -OCH3 is 1. The molecule has 7 heteroatoms. The first-order valence-electron chi connectivity index (χ1n) is 9.60. The lowest BCUT2D eigenvalue weighted by Gasteiger charge is -2.11. The smallest absolute Gasteiger partial charge is 0.244 e. The maximum atomic E-state index is 12.1. The summed E-state index contributed by atoms with van der Waals surface area (Å²) in [5, 5.41) is 7.06. The van der Waals surface area contributed by atoms with Crippen molar-refractivity contribution in [3.63, 3.8) is 0 Å². The summed E-state index contributed by atoms with van der Waals surface area (Å²) < 4.78 is 14.1. The third kappa shape index (κ3) is 6.22. The predicted molar refractivity (Wildman–Crippen MR) is 120 cm³/mol. The Morgan fingerprint density at radius 1 is 1.23 bits per heavy atom. The molecule has 0 aliphatic heterocycles. The summed E-state index contributed by atoms with van der Waals surface area (Å²) in [7, 11) is 1.63. The van der Waals surface area contributed by atoms with E-state index in [9.17, 15) is 4.79 Å². The monoisotopic (exact) mass is 469 g/mol. The van der Waals surface area contributed by atoms with Gasteiger partial charge in [-0.05, 0) is 55.0 Å². The van der Waals surface area contributed by atoms with Gasteiger partial charge in [0.2, 0.25) is 5.91 Å². The van der Waals surface area contributed by atoms with Crippen molar-refractivity contribution in [2.45, 2.75) is 26.6 Å². The number of aromatic nitrogens is 2. The fraction of sp³-hybridized carbons (Fsp3) is 0.217. The summed E-state index contributed by atoms with van der Waals surface area (Å²) in [6.07, 6.45) is 6.97. The summed E-state index contributed by atoms with van der Waals surface area (Å²) >= 11 is 3.41. The van der Waals surface area contributed by atoms with Gasteiger partial charge in [-0.2, -0.15) is 5.10 Å². The lowest BCUT2D eigenvalue weighted by molar-refractivity contribution is -0.116. The van der Waals surface area contributed by atoms with Crippen LogP contribution in [0.1, 0.15) is 23.6 Å². The summed E-state index contributed by atoms with van der Waals surface area (Å²) in [4.78, 5) is 12.1. The molecule has 3 aromatic rings. The van der Waals surface area contributed by atoms with Crippen LogP contribution in [0.25, 0.3) is 6.08 Å². The van der Waals surface area contributed by atoms with Gasteiger partial charge in [-0.3, -0.25) is 9.48 Å². The number of carbonyl (C=O) groups excluding carboxylic acids is 1. The van der Waals surface area contributed by atoms with Crippen molar-refractivity contribution < 1.29 is 14.3 Å². The van der Waals surface area contributed by atoms with Gasteiger partial charge in [-0.15, -0.1) is 0 Å². The molecular weight excluding hydrogens is 446 g/mol. The molecule has 1 amide bonds. The number of carbonyl (C=O) groups is 1. The van der Waals surface area contributed by atoms with Crippen LogP contribution in [-0.4, -0.2) is 22.8 Å². The molecular formula is C23H24BrN3O3. The lowest BCUT2D eigenvalue weighted by Crippen LogP contribution is -2.19. The summed E-state index contributed by atoms with van der Waals surface area (Å²) in [6.45, 7) is 3.63. The number of rotatable bonds is 9. The highest BCUT2D eigenvalue weighted by Gasteiger charge is 2.06. The summed E-state index contributed by atoms with van der Waals surface area (Å²) in [5.41, 5.74) is 2.75. The number of hydrogen-bond acceptors (Lipinski definition) is 4. The molecule has 0 aliphatic rings. The number of nitrogens with one attached hydrogen (secondary N) is 1. The van der Waals surface area contributed by atoms with E-state index in [1.165, 1.54) is 6.08 Å². The van der Waals surface area contributed by atoms with Crippen molar-refractivity contribution in [3.05, 3.63) is 82.1 Å². The van der Waals surface area contributed by atoms with Crippen LogP contribution in [0.3, 0.4) is 0 Å². The zero-order chi connectivity index (χ0) is 21.3. The van der Waals surface area contributed by atoms with Crippen LogP contribution >= 0.6 is 15.9 Å². The Morgan fingerprint density at radius 3 is 2.73 bits per heavy atom. The molecule has 0 saturated heterocycles.